The second-order valence-corrected chi connectivity index (χ2v) is 7.86. The predicted octanol–water partition coefficient (Wildman–Crippen LogP) is 5.06. The fraction of sp³-hybridized carbons (Fsp3) is 0.261. The Morgan fingerprint density at radius 2 is 1.71 bits per heavy atom. The van der Waals surface area contributed by atoms with Crippen molar-refractivity contribution >= 4 is 17.7 Å². The van der Waals surface area contributed by atoms with Gasteiger partial charge >= 0.3 is 0 Å². The fourth-order valence-electron chi connectivity index (χ4n) is 3.39. The number of aryl methyl sites for hydroxylation is 3. The van der Waals surface area contributed by atoms with Crippen LogP contribution in [-0.4, -0.2) is 34.1 Å². The van der Waals surface area contributed by atoms with E-state index < -0.39 is 0 Å². The summed E-state index contributed by atoms with van der Waals surface area (Å²) in [4.78, 5) is 24.0. The van der Waals surface area contributed by atoms with Gasteiger partial charge in [-0.05, 0) is 43.7 Å². The molecule has 0 spiro atoms. The maximum absolute atomic E-state index is 13.3. The van der Waals surface area contributed by atoms with Crippen molar-refractivity contribution in [2.75, 3.05) is 13.3 Å². The van der Waals surface area contributed by atoms with Gasteiger partial charge in [0.2, 0.25) is 0 Å². The van der Waals surface area contributed by atoms with E-state index in [2.05, 4.69) is 42.0 Å². The van der Waals surface area contributed by atoms with Crippen molar-refractivity contribution in [3.05, 3.63) is 76.6 Å². The summed E-state index contributed by atoms with van der Waals surface area (Å²) in [6, 6.07) is 14.4. The smallest absolute Gasteiger partial charge is 0.273 e. The molecule has 0 aliphatic carbocycles. The number of rotatable bonds is 5. The van der Waals surface area contributed by atoms with E-state index in [1.165, 1.54) is 22.9 Å². The summed E-state index contributed by atoms with van der Waals surface area (Å²) < 4.78 is 0. The molecule has 0 unspecified atom stereocenters. The lowest BCUT2D eigenvalue weighted by Crippen LogP contribution is -2.28. The predicted molar refractivity (Wildman–Crippen MR) is 116 cm³/mol. The van der Waals surface area contributed by atoms with E-state index in [1.807, 2.05) is 44.5 Å². The molecule has 3 rings (SSSR count). The molecule has 144 valence electrons. The van der Waals surface area contributed by atoms with Gasteiger partial charge in [-0.15, -0.1) is 0 Å². The molecule has 0 bridgehead atoms. The van der Waals surface area contributed by atoms with Crippen molar-refractivity contribution < 1.29 is 4.79 Å². The van der Waals surface area contributed by atoms with Crippen LogP contribution in [0.1, 0.15) is 32.7 Å². The minimum atomic E-state index is -0.102. The Morgan fingerprint density at radius 3 is 2.36 bits per heavy atom. The number of carbonyl (C=O) groups is 1. The Labute approximate surface area is 171 Å². The number of nitrogens with zero attached hydrogens (tertiary/aromatic N) is 3. The molecule has 0 radical (unpaired) electrons. The highest BCUT2D eigenvalue weighted by Crippen LogP contribution is 2.27. The molecule has 5 heteroatoms. The van der Waals surface area contributed by atoms with Gasteiger partial charge in [-0.1, -0.05) is 65.4 Å². The van der Waals surface area contributed by atoms with Gasteiger partial charge < -0.3 is 4.90 Å². The maximum atomic E-state index is 13.3. The van der Waals surface area contributed by atoms with Crippen LogP contribution in [0, 0.1) is 20.8 Å². The summed E-state index contributed by atoms with van der Waals surface area (Å²) in [6.45, 7) is 6.71. The number of aromatic nitrogens is 2. The minimum absolute atomic E-state index is 0.102. The molecule has 0 N–H and O–H groups in total. The van der Waals surface area contributed by atoms with Crippen molar-refractivity contribution in [1.29, 1.82) is 0 Å². The standard InChI is InChI=1S/C23H25N3OS/c1-15-10-16(2)12-18(11-15)14-26(4)22(27)21-20(13-24-23(25-21)28-5)19-9-7-6-8-17(19)3/h6-13H,14H2,1-5H3. The maximum Gasteiger partial charge on any atom is 0.273 e. The number of hydrogen-bond donors (Lipinski definition) is 0. The summed E-state index contributed by atoms with van der Waals surface area (Å²) in [5, 5.41) is 0.598. The Hall–Kier alpha value is -2.66. The molecule has 1 heterocycles. The normalized spacial score (nSPS) is 10.8. The van der Waals surface area contributed by atoms with E-state index in [0.717, 1.165) is 22.3 Å². The van der Waals surface area contributed by atoms with Gasteiger partial charge in [0.05, 0.1) is 0 Å². The number of hydrogen-bond acceptors (Lipinski definition) is 4. The monoisotopic (exact) mass is 391 g/mol. The van der Waals surface area contributed by atoms with Gasteiger partial charge in [-0.2, -0.15) is 0 Å². The van der Waals surface area contributed by atoms with E-state index in [4.69, 9.17) is 0 Å². The summed E-state index contributed by atoms with van der Waals surface area (Å²) in [6.07, 6.45) is 3.68. The van der Waals surface area contributed by atoms with E-state index in [9.17, 15) is 4.79 Å². The lowest BCUT2D eigenvalue weighted by Gasteiger charge is -2.20. The van der Waals surface area contributed by atoms with Gasteiger partial charge in [0.25, 0.3) is 5.91 Å². The largest absolute Gasteiger partial charge is 0.336 e. The molecule has 0 saturated heterocycles. The highest BCUT2D eigenvalue weighted by atomic mass is 32.2. The first kappa shape index (κ1) is 20.1. The third kappa shape index (κ3) is 4.42. The Balaban J connectivity index is 1.98. The number of carbonyl (C=O) groups excluding carboxylic acids is 1. The van der Waals surface area contributed by atoms with Gasteiger partial charge in [0.15, 0.2) is 5.16 Å². The summed E-state index contributed by atoms with van der Waals surface area (Å²) in [5.74, 6) is -0.102. The van der Waals surface area contributed by atoms with E-state index >= 15 is 0 Å². The summed E-state index contributed by atoms with van der Waals surface area (Å²) >= 11 is 1.44. The second-order valence-electron chi connectivity index (χ2n) is 7.09. The minimum Gasteiger partial charge on any atom is -0.336 e. The topological polar surface area (TPSA) is 46.1 Å². The van der Waals surface area contributed by atoms with Crippen LogP contribution in [0.5, 0.6) is 0 Å². The zero-order valence-electron chi connectivity index (χ0n) is 17.0. The highest BCUT2D eigenvalue weighted by Gasteiger charge is 2.21. The molecule has 0 fully saturated rings. The summed E-state index contributed by atoms with van der Waals surface area (Å²) in [5.41, 5.74) is 6.80. The second kappa shape index (κ2) is 8.57. The van der Waals surface area contributed by atoms with Gasteiger partial charge in [-0.3, -0.25) is 4.79 Å². The number of benzene rings is 2. The van der Waals surface area contributed by atoms with E-state index in [-0.39, 0.29) is 5.91 Å². The molecule has 4 nitrogen and oxygen atoms in total. The quantitative estimate of drug-likeness (QED) is 0.450. The molecule has 0 saturated carbocycles. The first-order valence-corrected chi connectivity index (χ1v) is 10.4. The molecule has 0 aliphatic rings. The van der Waals surface area contributed by atoms with Crippen molar-refractivity contribution in [2.45, 2.75) is 32.5 Å². The van der Waals surface area contributed by atoms with Crippen molar-refractivity contribution in [2.24, 2.45) is 0 Å². The third-order valence-corrected chi connectivity index (χ3v) is 5.20. The molecule has 0 aliphatic heterocycles. The van der Waals surface area contributed by atoms with Crippen LogP contribution >= 0.6 is 11.8 Å². The van der Waals surface area contributed by atoms with Crippen molar-refractivity contribution in [3.63, 3.8) is 0 Å². The van der Waals surface area contributed by atoms with Crippen LogP contribution in [0.4, 0.5) is 0 Å². The molecule has 3 aromatic rings. The number of thioether (sulfide) groups is 1. The lowest BCUT2D eigenvalue weighted by atomic mass is 10.00. The van der Waals surface area contributed by atoms with Crippen LogP contribution in [-0.2, 0) is 6.54 Å². The third-order valence-electron chi connectivity index (χ3n) is 4.63. The van der Waals surface area contributed by atoms with Crippen molar-refractivity contribution in [1.82, 2.24) is 14.9 Å². The molecule has 28 heavy (non-hydrogen) atoms. The molecule has 0 atom stereocenters. The van der Waals surface area contributed by atoms with Crippen LogP contribution in [0.2, 0.25) is 0 Å². The Kier molecular flexibility index (Phi) is 6.15. The van der Waals surface area contributed by atoms with Crippen LogP contribution < -0.4 is 0 Å². The molecule has 1 amide bonds. The highest BCUT2D eigenvalue weighted by molar-refractivity contribution is 7.98. The Bertz CT molecular complexity index is 996. The Morgan fingerprint density at radius 1 is 1.04 bits per heavy atom. The fourth-order valence-corrected chi connectivity index (χ4v) is 3.73. The molecular weight excluding hydrogens is 366 g/mol. The first-order chi connectivity index (χ1) is 13.4. The van der Waals surface area contributed by atoms with E-state index in [1.54, 1.807) is 11.1 Å². The molecule has 2 aromatic carbocycles. The zero-order chi connectivity index (χ0) is 20.3. The van der Waals surface area contributed by atoms with Gasteiger partial charge in [0, 0.05) is 25.4 Å². The zero-order valence-corrected chi connectivity index (χ0v) is 17.8. The number of amides is 1. The van der Waals surface area contributed by atoms with Gasteiger partial charge in [-0.25, -0.2) is 9.97 Å². The average Bonchev–Trinajstić information content (AvgIpc) is 2.66. The van der Waals surface area contributed by atoms with Crippen LogP contribution in [0.25, 0.3) is 11.1 Å². The van der Waals surface area contributed by atoms with Gasteiger partial charge in [0.1, 0.15) is 5.69 Å². The van der Waals surface area contributed by atoms with Crippen LogP contribution in [0.15, 0.2) is 53.8 Å². The van der Waals surface area contributed by atoms with E-state index in [0.29, 0.717) is 17.4 Å². The average molecular weight is 392 g/mol. The SMILES string of the molecule is CSc1ncc(-c2ccccc2C)c(C(=O)N(C)Cc2cc(C)cc(C)c2)n1. The van der Waals surface area contributed by atoms with Crippen molar-refractivity contribution in [3.8, 4) is 11.1 Å². The summed E-state index contributed by atoms with van der Waals surface area (Å²) in [7, 11) is 1.82. The lowest BCUT2D eigenvalue weighted by molar-refractivity contribution is 0.0779. The molecular formula is C23H25N3OS. The first-order valence-electron chi connectivity index (χ1n) is 9.18. The molecule has 1 aromatic heterocycles. The van der Waals surface area contributed by atoms with Crippen LogP contribution in [0.3, 0.4) is 0 Å².